The van der Waals surface area contributed by atoms with E-state index in [1.807, 2.05) is 28.9 Å². The first-order chi connectivity index (χ1) is 12.2. The maximum absolute atomic E-state index is 12.7. The number of nitrogens with zero attached hydrogens (tertiary/aromatic N) is 2. The Hall–Kier alpha value is -2.18. The van der Waals surface area contributed by atoms with Gasteiger partial charge in [-0.05, 0) is 37.5 Å². The predicted molar refractivity (Wildman–Crippen MR) is 92.5 cm³/mol. The van der Waals surface area contributed by atoms with Crippen molar-refractivity contribution in [3.63, 3.8) is 0 Å². The van der Waals surface area contributed by atoms with Crippen LogP contribution in [0.5, 0.6) is 0 Å². The van der Waals surface area contributed by atoms with E-state index in [9.17, 15) is 4.79 Å². The fourth-order valence-electron chi connectivity index (χ4n) is 3.64. The van der Waals surface area contributed by atoms with Gasteiger partial charge in [-0.25, -0.2) is 4.68 Å². The van der Waals surface area contributed by atoms with Gasteiger partial charge in [0.2, 0.25) is 5.91 Å². The van der Waals surface area contributed by atoms with Gasteiger partial charge in [-0.15, -0.1) is 0 Å². The van der Waals surface area contributed by atoms with E-state index < -0.39 is 0 Å². The summed E-state index contributed by atoms with van der Waals surface area (Å²) in [4.78, 5) is 12.7. The smallest absolute Gasteiger partial charge is 0.226 e. The van der Waals surface area contributed by atoms with Gasteiger partial charge in [0.25, 0.3) is 0 Å². The van der Waals surface area contributed by atoms with E-state index in [4.69, 9.17) is 9.47 Å². The number of para-hydroxylation sites is 1. The van der Waals surface area contributed by atoms with E-state index >= 15 is 0 Å². The van der Waals surface area contributed by atoms with Crippen molar-refractivity contribution >= 4 is 5.91 Å². The van der Waals surface area contributed by atoms with Crippen LogP contribution in [0.1, 0.15) is 30.2 Å². The Balaban J connectivity index is 1.58. The van der Waals surface area contributed by atoms with E-state index in [-0.39, 0.29) is 24.0 Å². The van der Waals surface area contributed by atoms with Crippen molar-refractivity contribution < 1.29 is 14.3 Å². The van der Waals surface area contributed by atoms with E-state index in [0.29, 0.717) is 13.2 Å². The molecule has 0 saturated carbocycles. The van der Waals surface area contributed by atoms with Crippen molar-refractivity contribution in [2.45, 2.75) is 31.9 Å². The summed E-state index contributed by atoms with van der Waals surface area (Å²) in [6.45, 7) is 3.96. The fraction of sp³-hybridized carbons (Fsp3) is 0.474. The molecule has 1 amide bonds. The molecule has 6 heteroatoms. The highest BCUT2D eigenvalue weighted by Gasteiger charge is 2.38. The first-order valence-corrected chi connectivity index (χ1v) is 8.83. The molecular weight excluding hydrogens is 318 g/mol. The van der Waals surface area contributed by atoms with Crippen LogP contribution in [0.4, 0.5) is 0 Å². The lowest BCUT2D eigenvalue weighted by atomic mass is 9.97. The number of rotatable bonds is 4. The molecule has 1 aromatic heterocycles. The van der Waals surface area contributed by atoms with Gasteiger partial charge in [0.15, 0.2) is 0 Å². The number of benzene rings is 1. The summed E-state index contributed by atoms with van der Waals surface area (Å²) in [5, 5.41) is 7.58. The topological polar surface area (TPSA) is 65.4 Å². The van der Waals surface area contributed by atoms with E-state index in [1.54, 1.807) is 6.20 Å². The second-order valence-corrected chi connectivity index (χ2v) is 6.71. The van der Waals surface area contributed by atoms with Gasteiger partial charge in [0.05, 0.1) is 29.9 Å². The van der Waals surface area contributed by atoms with Crippen LogP contribution in [0.3, 0.4) is 0 Å². The summed E-state index contributed by atoms with van der Waals surface area (Å²) in [5.74, 6) is -0.143. The quantitative estimate of drug-likeness (QED) is 0.926. The van der Waals surface area contributed by atoms with Gasteiger partial charge in [-0.1, -0.05) is 18.2 Å². The Morgan fingerprint density at radius 3 is 2.92 bits per heavy atom. The predicted octanol–water partition coefficient (Wildman–Crippen LogP) is 2.16. The minimum atomic E-state index is -0.274. The van der Waals surface area contributed by atoms with Crippen LogP contribution in [-0.2, 0) is 14.3 Å². The Bertz CT molecular complexity index is 752. The Morgan fingerprint density at radius 2 is 2.12 bits per heavy atom. The lowest BCUT2D eigenvalue weighted by molar-refractivity contribution is -0.127. The molecule has 2 aromatic rings. The summed E-state index contributed by atoms with van der Waals surface area (Å²) in [5.41, 5.74) is 3.07. The second kappa shape index (κ2) is 6.98. The zero-order chi connectivity index (χ0) is 17.2. The molecule has 132 valence electrons. The monoisotopic (exact) mass is 341 g/mol. The van der Waals surface area contributed by atoms with Crippen molar-refractivity contribution in [1.29, 1.82) is 0 Å². The van der Waals surface area contributed by atoms with E-state index in [2.05, 4.69) is 23.4 Å². The highest BCUT2D eigenvalue weighted by molar-refractivity contribution is 5.80. The number of carbonyl (C=O) groups excluding carboxylic acids is 1. The third-order valence-electron chi connectivity index (χ3n) is 5.01. The molecule has 6 nitrogen and oxygen atoms in total. The zero-order valence-electron chi connectivity index (χ0n) is 14.4. The largest absolute Gasteiger partial charge is 0.379 e. The molecule has 2 aliphatic heterocycles. The van der Waals surface area contributed by atoms with Crippen molar-refractivity contribution in [1.82, 2.24) is 15.1 Å². The lowest BCUT2D eigenvalue weighted by Crippen LogP contribution is -2.40. The van der Waals surface area contributed by atoms with E-state index in [0.717, 1.165) is 36.4 Å². The maximum Gasteiger partial charge on any atom is 0.226 e. The molecule has 1 N–H and O–H groups in total. The molecular formula is C19H23N3O3. The normalized spacial score (nSPS) is 26.0. The molecule has 1 unspecified atom stereocenters. The molecule has 0 bridgehead atoms. The van der Waals surface area contributed by atoms with Gasteiger partial charge in [0.1, 0.15) is 6.10 Å². The summed E-state index contributed by atoms with van der Waals surface area (Å²) in [7, 11) is 0. The van der Waals surface area contributed by atoms with Crippen molar-refractivity contribution in [2.24, 2.45) is 5.92 Å². The highest BCUT2D eigenvalue weighted by atomic mass is 16.5. The summed E-state index contributed by atoms with van der Waals surface area (Å²) in [6, 6.07) is 10.2. The molecule has 2 aliphatic rings. The van der Waals surface area contributed by atoms with Crippen LogP contribution < -0.4 is 5.32 Å². The number of ether oxygens (including phenoxy) is 2. The van der Waals surface area contributed by atoms with Crippen LogP contribution in [-0.4, -0.2) is 41.6 Å². The van der Waals surface area contributed by atoms with Crippen LogP contribution in [0.15, 0.2) is 36.5 Å². The molecule has 25 heavy (non-hydrogen) atoms. The van der Waals surface area contributed by atoms with E-state index in [1.165, 1.54) is 0 Å². The number of amides is 1. The van der Waals surface area contributed by atoms with Crippen LogP contribution in [0.2, 0.25) is 0 Å². The fourth-order valence-corrected chi connectivity index (χ4v) is 3.64. The van der Waals surface area contributed by atoms with Gasteiger partial charge >= 0.3 is 0 Å². The first-order valence-electron chi connectivity index (χ1n) is 8.83. The minimum Gasteiger partial charge on any atom is -0.379 e. The third-order valence-corrected chi connectivity index (χ3v) is 5.01. The molecule has 2 fully saturated rings. The Kier molecular flexibility index (Phi) is 4.55. The standard InChI is InChI=1S/C19H23N3O3/c1-13-4-2-3-5-16(13)22-17(6-9-20-22)18-15(8-11-25-18)19(23)21-14-7-10-24-12-14/h2-6,9,14-15,18H,7-8,10-12H2,1H3,(H,21,23)/t14?,15-,18-/m0/s1. The molecule has 2 saturated heterocycles. The van der Waals surface area contributed by atoms with Crippen LogP contribution in [0.25, 0.3) is 5.69 Å². The average molecular weight is 341 g/mol. The molecule has 3 heterocycles. The third kappa shape index (κ3) is 3.19. The maximum atomic E-state index is 12.7. The number of nitrogens with one attached hydrogen (secondary N) is 1. The SMILES string of the molecule is Cc1ccccc1-n1nccc1[C@H]1OCC[C@@H]1C(=O)NC1CCOC1. The number of hydrogen-bond acceptors (Lipinski definition) is 4. The second-order valence-electron chi connectivity index (χ2n) is 6.71. The Labute approximate surface area is 147 Å². The minimum absolute atomic E-state index is 0.0514. The number of hydrogen-bond donors (Lipinski definition) is 1. The summed E-state index contributed by atoms with van der Waals surface area (Å²) >= 11 is 0. The lowest BCUT2D eigenvalue weighted by Gasteiger charge is -2.21. The molecule has 0 spiro atoms. The molecule has 0 radical (unpaired) electrons. The van der Waals surface area contributed by atoms with Gasteiger partial charge in [-0.2, -0.15) is 5.10 Å². The molecule has 4 rings (SSSR count). The first kappa shape index (κ1) is 16.3. The molecule has 3 atom stereocenters. The van der Waals surface area contributed by atoms with Gasteiger partial charge < -0.3 is 14.8 Å². The average Bonchev–Trinajstić information content (AvgIpc) is 3.36. The molecule has 1 aromatic carbocycles. The summed E-state index contributed by atoms with van der Waals surface area (Å²) < 4.78 is 13.2. The van der Waals surface area contributed by atoms with Crippen molar-refractivity contribution in [3.8, 4) is 5.69 Å². The highest BCUT2D eigenvalue weighted by Crippen LogP contribution is 2.36. The van der Waals surface area contributed by atoms with Crippen LogP contribution in [0, 0.1) is 12.8 Å². The number of carbonyl (C=O) groups is 1. The summed E-state index contributed by atoms with van der Waals surface area (Å²) in [6.07, 6.45) is 3.10. The van der Waals surface area contributed by atoms with Gasteiger partial charge in [0, 0.05) is 19.4 Å². The van der Waals surface area contributed by atoms with Crippen molar-refractivity contribution in [2.75, 3.05) is 19.8 Å². The van der Waals surface area contributed by atoms with Crippen molar-refractivity contribution in [3.05, 3.63) is 47.8 Å². The zero-order valence-corrected chi connectivity index (χ0v) is 14.4. The number of aromatic nitrogens is 2. The van der Waals surface area contributed by atoms with Crippen LogP contribution >= 0.6 is 0 Å². The molecule has 0 aliphatic carbocycles. The number of aryl methyl sites for hydroxylation is 1. The Morgan fingerprint density at radius 1 is 1.24 bits per heavy atom. The van der Waals surface area contributed by atoms with Gasteiger partial charge in [-0.3, -0.25) is 4.79 Å².